The van der Waals surface area contributed by atoms with Gasteiger partial charge in [-0.15, -0.1) is 0 Å². The van der Waals surface area contributed by atoms with E-state index < -0.39 is 10.0 Å². The van der Waals surface area contributed by atoms with Crippen LogP contribution in [0.15, 0.2) is 29.2 Å². The Morgan fingerprint density at radius 2 is 1.72 bits per heavy atom. The lowest BCUT2D eigenvalue weighted by Gasteiger charge is -2.34. The summed E-state index contributed by atoms with van der Waals surface area (Å²) in [4.78, 5) is 16.6. The highest BCUT2D eigenvalue weighted by Crippen LogP contribution is 2.17. The van der Waals surface area contributed by atoms with Crippen LogP contribution in [0, 0.1) is 0 Å². The average molecular weight is 368 g/mol. The average Bonchev–Trinajstić information content (AvgIpc) is 2.61. The van der Waals surface area contributed by atoms with Crippen LogP contribution in [0.3, 0.4) is 0 Å². The van der Waals surface area contributed by atoms with Gasteiger partial charge in [0.05, 0.1) is 4.90 Å². The predicted octanol–water partition coefficient (Wildman–Crippen LogP) is 1.64. The van der Waals surface area contributed by atoms with Crippen molar-refractivity contribution in [2.45, 2.75) is 38.0 Å². The van der Waals surface area contributed by atoms with Gasteiger partial charge in [0.1, 0.15) is 0 Å². The van der Waals surface area contributed by atoms with Gasteiger partial charge in [0.25, 0.3) is 0 Å². The fourth-order valence-electron chi connectivity index (χ4n) is 2.88. The molecule has 0 aliphatic carbocycles. The van der Waals surface area contributed by atoms with Crippen LogP contribution >= 0.6 is 0 Å². The molecule has 1 fully saturated rings. The summed E-state index contributed by atoms with van der Waals surface area (Å²) in [5, 5.41) is 0. The molecule has 0 unspecified atom stereocenters. The Bertz CT molecular complexity index is 663. The number of nitrogens with zero attached hydrogens (tertiary/aromatic N) is 2. The number of hydrogen-bond donors (Lipinski definition) is 1. The Kier molecular flexibility index (Phi) is 6.98. The summed E-state index contributed by atoms with van der Waals surface area (Å²) >= 11 is 0. The van der Waals surface area contributed by atoms with Crippen molar-refractivity contribution in [2.75, 3.05) is 39.3 Å². The van der Waals surface area contributed by atoms with Crippen molar-refractivity contribution in [1.82, 2.24) is 14.5 Å². The summed E-state index contributed by atoms with van der Waals surface area (Å²) in [6.45, 7) is 10.6. The summed E-state index contributed by atoms with van der Waals surface area (Å²) in [5.41, 5.74) is 1.10. The maximum absolute atomic E-state index is 12.3. The van der Waals surface area contributed by atoms with Gasteiger partial charge in [-0.3, -0.25) is 4.79 Å². The van der Waals surface area contributed by atoms with Crippen LogP contribution in [0.2, 0.25) is 0 Å². The first kappa shape index (κ1) is 19.9. The molecular weight excluding hydrogens is 338 g/mol. The lowest BCUT2D eigenvalue weighted by molar-refractivity contribution is -0.132. The molecule has 1 N–H and O–H groups in total. The van der Waals surface area contributed by atoms with Gasteiger partial charge in [0.2, 0.25) is 15.9 Å². The summed E-state index contributed by atoms with van der Waals surface area (Å²) in [7, 11) is -3.57. The van der Waals surface area contributed by atoms with Gasteiger partial charge in [-0.25, -0.2) is 13.1 Å². The number of carbonyl (C=O) groups excluding carboxylic acids is 1. The first-order valence-electron chi connectivity index (χ1n) is 8.93. The van der Waals surface area contributed by atoms with E-state index in [-0.39, 0.29) is 23.8 Å². The topological polar surface area (TPSA) is 69.7 Å². The molecule has 1 aromatic rings. The number of amides is 1. The zero-order valence-corrected chi connectivity index (χ0v) is 16.2. The second kappa shape index (κ2) is 8.78. The molecule has 0 spiro atoms. The smallest absolute Gasteiger partial charge is 0.240 e. The number of carbonyl (C=O) groups is 1. The first-order valence-corrected chi connectivity index (χ1v) is 10.4. The van der Waals surface area contributed by atoms with E-state index in [1.807, 2.05) is 17.0 Å². The van der Waals surface area contributed by atoms with Crippen LogP contribution in [0.4, 0.5) is 0 Å². The van der Waals surface area contributed by atoms with Crippen LogP contribution in [0.5, 0.6) is 0 Å². The Hall–Kier alpha value is -1.44. The van der Waals surface area contributed by atoms with E-state index in [2.05, 4.69) is 30.4 Å². The van der Waals surface area contributed by atoms with E-state index in [0.717, 1.165) is 38.3 Å². The number of sulfonamides is 1. The SMILES string of the molecule is CCN1CCN(C(=O)CCNS(=O)(=O)c2ccc(C(C)C)cc2)CC1. The lowest BCUT2D eigenvalue weighted by Crippen LogP contribution is -2.49. The van der Waals surface area contributed by atoms with Crippen LogP contribution in [0.1, 0.15) is 38.7 Å². The van der Waals surface area contributed by atoms with Crippen molar-refractivity contribution >= 4 is 15.9 Å². The van der Waals surface area contributed by atoms with E-state index in [0.29, 0.717) is 5.92 Å². The highest BCUT2D eigenvalue weighted by molar-refractivity contribution is 7.89. The standard InChI is InChI=1S/C18H29N3O3S/c1-4-20-11-13-21(14-12-20)18(22)9-10-19-25(23,24)17-7-5-16(6-8-17)15(2)3/h5-8,15,19H,4,9-14H2,1-3H3. The van der Waals surface area contributed by atoms with Gasteiger partial charge < -0.3 is 9.80 Å². The molecule has 0 bridgehead atoms. The Morgan fingerprint density at radius 1 is 1.12 bits per heavy atom. The molecule has 1 aliphatic heterocycles. The van der Waals surface area contributed by atoms with Crippen molar-refractivity contribution < 1.29 is 13.2 Å². The highest BCUT2D eigenvalue weighted by Gasteiger charge is 2.21. The van der Waals surface area contributed by atoms with E-state index in [4.69, 9.17) is 0 Å². The zero-order chi connectivity index (χ0) is 18.4. The molecule has 2 rings (SSSR count). The molecule has 1 amide bonds. The number of hydrogen-bond acceptors (Lipinski definition) is 4. The molecule has 0 aromatic heterocycles. The minimum Gasteiger partial charge on any atom is -0.340 e. The fourth-order valence-corrected chi connectivity index (χ4v) is 3.91. The third-order valence-electron chi connectivity index (χ3n) is 4.66. The Balaban J connectivity index is 1.82. The van der Waals surface area contributed by atoms with Crippen LogP contribution in [0.25, 0.3) is 0 Å². The molecule has 140 valence electrons. The number of likely N-dealkylation sites (N-methyl/N-ethyl adjacent to an activating group) is 1. The molecule has 25 heavy (non-hydrogen) atoms. The van der Waals surface area contributed by atoms with E-state index in [9.17, 15) is 13.2 Å². The fraction of sp³-hybridized carbons (Fsp3) is 0.611. The van der Waals surface area contributed by atoms with E-state index in [1.54, 1.807) is 12.1 Å². The predicted molar refractivity (Wildman–Crippen MR) is 99.0 cm³/mol. The molecule has 6 nitrogen and oxygen atoms in total. The molecule has 1 saturated heterocycles. The number of rotatable bonds is 7. The molecular formula is C18H29N3O3S. The number of nitrogens with one attached hydrogen (secondary N) is 1. The van der Waals surface area contributed by atoms with Gasteiger partial charge in [0.15, 0.2) is 0 Å². The van der Waals surface area contributed by atoms with Gasteiger partial charge in [-0.1, -0.05) is 32.9 Å². The first-order chi connectivity index (χ1) is 11.8. The van der Waals surface area contributed by atoms with Gasteiger partial charge in [-0.2, -0.15) is 0 Å². The van der Waals surface area contributed by atoms with E-state index in [1.165, 1.54) is 0 Å². The van der Waals surface area contributed by atoms with Gasteiger partial charge in [0, 0.05) is 39.1 Å². The van der Waals surface area contributed by atoms with E-state index >= 15 is 0 Å². The number of piperazine rings is 1. The van der Waals surface area contributed by atoms with Crippen molar-refractivity contribution in [1.29, 1.82) is 0 Å². The van der Waals surface area contributed by atoms with Crippen LogP contribution < -0.4 is 4.72 Å². The van der Waals surface area contributed by atoms with Crippen molar-refractivity contribution in [2.24, 2.45) is 0 Å². The second-order valence-electron chi connectivity index (χ2n) is 6.69. The Labute approximate surface area is 151 Å². The summed E-state index contributed by atoms with van der Waals surface area (Å²) in [6.07, 6.45) is 0.190. The highest BCUT2D eigenvalue weighted by atomic mass is 32.2. The molecule has 1 heterocycles. The lowest BCUT2D eigenvalue weighted by atomic mass is 10.0. The minimum absolute atomic E-state index is 0.00797. The second-order valence-corrected chi connectivity index (χ2v) is 8.45. The quantitative estimate of drug-likeness (QED) is 0.795. The molecule has 0 radical (unpaired) electrons. The largest absolute Gasteiger partial charge is 0.340 e. The van der Waals surface area contributed by atoms with Gasteiger partial charge in [-0.05, 0) is 30.2 Å². The maximum atomic E-state index is 12.3. The maximum Gasteiger partial charge on any atom is 0.240 e. The Morgan fingerprint density at radius 3 is 2.24 bits per heavy atom. The summed E-state index contributed by atoms with van der Waals surface area (Å²) < 4.78 is 27.1. The molecule has 0 atom stereocenters. The molecule has 1 aromatic carbocycles. The van der Waals surface area contributed by atoms with Crippen LogP contribution in [-0.2, 0) is 14.8 Å². The monoisotopic (exact) mass is 367 g/mol. The summed E-state index contributed by atoms with van der Waals surface area (Å²) in [5.74, 6) is 0.365. The van der Waals surface area contributed by atoms with Gasteiger partial charge >= 0.3 is 0 Å². The summed E-state index contributed by atoms with van der Waals surface area (Å²) in [6, 6.07) is 6.89. The molecule has 1 aliphatic rings. The van der Waals surface area contributed by atoms with Crippen molar-refractivity contribution in [3.05, 3.63) is 29.8 Å². The number of benzene rings is 1. The molecule has 7 heteroatoms. The zero-order valence-electron chi connectivity index (χ0n) is 15.4. The molecule has 0 saturated carbocycles. The van der Waals surface area contributed by atoms with Crippen molar-refractivity contribution in [3.63, 3.8) is 0 Å². The van der Waals surface area contributed by atoms with Crippen molar-refractivity contribution in [3.8, 4) is 0 Å². The third kappa shape index (κ3) is 5.52. The normalized spacial score (nSPS) is 16.4. The minimum atomic E-state index is -3.57. The van der Waals surface area contributed by atoms with Crippen LogP contribution in [-0.4, -0.2) is 63.4 Å². The third-order valence-corrected chi connectivity index (χ3v) is 6.14.